The van der Waals surface area contributed by atoms with Crippen molar-refractivity contribution in [1.82, 2.24) is 4.98 Å². The standard InChI is InChI=1S/C13H21Cl2N3/c1-5-8(2)6-9(3)17-13-11(15)7-10(14)12(16-4)18-13/h7-9H,5-6H2,1-4H3,(H2,16,17,18). The Morgan fingerprint density at radius 1 is 1.22 bits per heavy atom. The van der Waals surface area contributed by atoms with E-state index in [4.69, 9.17) is 23.2 Å². The molecule has 3 nitrogen and oxygen atoms in total. The van der Waals surface area contributed by atoms with Crippen LogP contribution in [0.15, 0.2) is 6.07 Å². The van der Waals surface area contributed by atoms with Crippen LogP contribution in [0, 0.1) is 5.92 Å². The fourth-order valence-corrected chi connectivity index (χ4v) is 2.31. The molecule has 0 saturated heterocycles. The summed E-state index contributed by atoms with van der Waals surface area (Å²) in [6.07, 6.45) is 2.27. The van der Waals surface area contributed by atoms with Crippen molar-refractivity contribution < 1.29 is 0 Å². The van der Waals surface area contributed by atoms with Crippen molar-refractivity contribution in [3.63, 3.8) is 0 Å². The van der Waals surface area contributed by atoms with Gasteiger partial charge in [0.1, 0.15) is 11.6 Å². The van der Waals surface area contributed by atoms with E-state index in [2.05, 4.69) is 36.4 Å². The number of halogens is 2. The predicted molar refractivity (Wildman–Crippen MR) is 81.0 cm³/mol. The lowest BCUT2D eigenvalue weighted by molar-refractivity contribution is 0.483. The number of pyridine rings is 1. The summed E-state index contributed by atoms with van der Waals surface area (Å²) in [6.45, 7) is 6.58. The van der Waals surface area contributed by atoms with Crippen molar-refractivity contribution in [3.05, 3.63) is 16.1 Å². The van der Waals surface area contributed by atoms with Gasteiger partial charge in [-0.15, -0.1) is 0 Å². The molecule has 1 aromatic heterocycles. The minimum atomic E-state index is 0.329. The smallest absolute Gasteiger partial charge is 0.147 e. The molecule has 2 unspecified atom stereocenters. The van der Waals surface area contributed by atoms with Crippen molar-refractivity contribution >= 4 is 34.8 Å². The van der Waals surface area contributed by atoms with Crippen LogP contribution in [0.3, 0.4) is 0 Å². The summed E-state index contributed by atoms with van der Waals surface area (Å²) in [7, 11) is 1.79. The SMILES string of the molecule is CCC(C)CC(C)Nc1nc(NC)c(Cl)cc1Cl. The van der Waals surface area contributed by atoms with Gasteiger partial charge in [0, 0.05) is 13.1 Å². The third kappa shape index (κ3) is 4.21. The molecule has 102 valence electrons. The Balaban J connectivity index is 2.77. The molecule has 1 rings (SSSR count). The van der Waals surface area contributed by atoms with Crippen LogP contribution in [0.1, 0.15) is 33.6 Å². The van der Waals surface area contributed by atoms with Crippen molar-refractivity contribution in [3.8, 4) is 0 Å². The zero-order valence-electron chi connectivity index (χ0n) is 11.3. The summed E-state index contributed by atoms with van der Waals surface area (Å²) in [5.41, 5.74) is 0. The van der Waals surface area contributed by atoms with Crippen molar-refractivity contribution in [2.24, 2.45) is 5.92 Å². The highest BCUT2D eigenvalue weighted by Gasteiger charge is 2.12. The van der Waals surface area contributed by atoms with Gasteiger partial charge < -0.3 is 10.6 Å². The molecule has 0 amide bonds. The molecular weight excluding hydrogens is 269 g/mol. The topological polar surface area (TPSA) is 37.0 Å². The van der Waals surface area contributed by atoms with E-state index in [1.807, 2.05) is 0 Å². The maximum absolute atomic E-state index is 6.14. The number of hydrogen-bond acceptors (Lipinski definition) is 3. The summed E-state index contributed by atoms with van der Waals surface area (Å²) in [5, 5.41) is 7.36. The van der Waals surface area contributed by atoms with E-state index in [1.54, 1.807) is 13.1 Å². The summed E-state index contributed by atoms with van der Waals surface area (Å²) < 4.78 is 0. The lowest BCUT2D eigenvalue weighted by Crippen LogP contribution is -2.19. The molecule has 18 heavy (non-hydrogen) atoms. The van der Waals surface area contributed by atoms with Gasteiger partial charge in [-0.1, -0.05) is 43.5 Å². The summed E-state index contributed by atoms with van der Waals surface area (Å²) >= 11 is 12.1. The van der Waals surface area contributed by atoms with Gasteiger partial charge in [0.2, 0.25) is 0 Å². The Labute approximate surface area is 119 Å². The molecule has 0 fully saturated rings. The Morgan fingerprint density at radius 2 is 1.83 bits per heavy atom. The van der Waals surface area contributed by atoms with Crippen LogP contribution in [0.4, 0.5) is 11.6 Å². The minimum absolute atomic E-state index is 0.329. The molecule has 1 heterocycles. The van der Waals surface area contributed by atoms with E-state index in [9.17, 15) is 0 Å². The number of nitrogens with zero attached hydrogens (tertiary/aromatic N) is 1. The molecule has 1 aromatic rings. The molecule has 0 aliphatic rings. The van der Waals surface area contributed by atoms with Gasteiger partial charge in [0.05, 0.1) is 10.0 Å². The molecular formula is C13H21Cl2N3. The number of anilines is 2. The molecule has 0 aliphatic heterocycles. The van der Waals surface area contributed by atoms with Crippen LogP contribution >= 0.6 is 23.2 Å². The molecule has 5 heteroatoms. The normalized spacial score (nSPS) is 14.1. The first-order valence-corrected chi connectivity index (χ1v) is 7.03. The van der Waals surface area contributed by atoms with Gasteiger partial charge in [0.25, 0.3) is 0 Å². The van der Waals surface area contributed by atoms with E-state index >= 15 is 0 Å². The number of aromatic nitrogens is 1. The fraction of sp³-hybridized carbons (Fsp3) is 0.615. The number of hydrogen-bond donors (Lipinski definition) is 2. The third-order valence-corrected chi connectivity index (χ3v) is 3.58. The minimum Gasteiger partial charge on any atom is -0.372 e. The molecule has 0 aliphatic carbocycles. The van der Waals surface area contributed by atoms with Gasteiger partial charge in [0.15, 0.2) is 0 Å². The van der Waals surface area contributed by atoms with Crippen LogP contribution in [-0.4, -0.2) is 18.1 Å². The Bertz CT molecular complexity index is 396. The zero-order valence-corrected chi connectivity index (χ0v) is 12.9. The monoisotopic (exact) mass is 289 g/mol. The highest BCUT2D eigenvalue weighted by molar-refractivity contribution is 6.37. The average Bonchev–Trinajstić information content (AvgIpc) is 2.32. The van der Waals surface area contributed by atoms with E-state index < -0.39 is 0 Å². The first-order chi connectivity index (χ1) is 8.47. The van der Waals surface area contributed by atoms with E-state index in [1.165, 1.54) is 6.42 Å². The van der Waals surface area contributed by atoms with Crippen LogP contribution in [0.2, 0.25) is 10.0 Å². The molecule has 2 atom stereocenters. The van der Waals surface area contributed by atoms with E-state index in [0.29, 0.717) is 33.6 Å². The van der Waals surface area contributed by atoms with Gasteiger partial charge in [-0.2, -0.15) is 0 Å². The molecule has 0 aromatic carbocycles. The van der Waals surface area contributed by atoms with E-state index in [-0.39, 0.29) is 0 Å². The summed E-state index contributed by atoms with van der Waals surface area (Å²) in [5.74, 6) is 2.00. The predicted octanol–water partition coefficient (Wildman–Crippen LogP) is 4.67. The van der Waals surface area contributed by atoms with Gasteiger partial charge in [-0.05, 0) is 25.3 Å². The van der Waals surface area contributed by atoms with Crippen LogP contribution in [-0.2, 0) is 0 Å². The second-order valence-electron chi connectivity index (χ2n) is 4.69. The second kappa shape index (κ2) is 7.05. The van der Waals surface area contributed by atoms with Gasteiger partial charge in [-0.25, -0.2) is 4.98 Å². The number of rotatable bonds is 6. The summed E-state index contributed by atoms with van der Waals surface area (Å²) in [6, 6.07) is 2.04. The first kappa shape index (κ1) is 15.4. The molecule has 0 spiro atoms. The highest BCUT2D eigenvalue weighted by atomic mass is 35.5. The van der Waals surface area contributed by atoms with Gasteiger partial charge in [-0.3, -0.25) is 0 Å². The molecule has 0 radical (unpaired) electrons. The Kier molecular flexibility index (Phi) is 6.03. The van der Waals surface area contributed by atoms with Crippen molar-refractivity contribution in [2.45, 2.75) is 39.7 Å². The van der Waals surface area contributed by atoms with Crippen LogP contribution in [0.5, 0.6) is 0 Å². The Hall–Kier alpha value is -0.670. The lowest BCUT2D eigenvalue weighted by Gasteiger charge is -2.19. The maximum atomic E-state index is 6.14. The van der Waals surface area contributed by atoms with Crippen molar-refractivity contribution in [2.75, 3.05) is 17.7 Å². The third-order valence-electron chi connectivity index (χ3n) is 3.00. The van der Waals surface area contributed by atoms with Crippen LogP contribution in [0.25, 0.3) is 0 Å². The fourth-order valence-electron chi connectivity index (χ4n) is 1.81. The highest BCUT2D eigenvalue weighted by Crippen LogP contribution is 2.29. The van der Waals surface area contributed by atoms with Crippen molar-refractivity contribution in [1.29, 1.82) is 0 Å². The first-order valence-electron chi connectivity index (χ1n) is 6.28. The van der Waals surface area contributed by atoms with E-state index in [0.717, 1.165) is 6.42 Å². The molecule has 2 N–H and O–H groups in total. The molecule has 0 saturated carbocycles. The van der Waals surface area contributed by atoms with Gasteiger partial charge >= 0.3 is 0 Å². The lowest BCUT2D eigenvalue weighted by atomic mass is 10.0. The number of nitrogens with one attached hydrogen (secondary N) is 2. The quantitative estimate of drug-likeness (QED) is 0.799. The molecule has 0 bridgehead atoms. The second-order valence-corrected chi connectivity index (χ2v) is 5.51. The largest absolute Gasteiger partial charge is 0.372 e. The zero-order chi connectivity index (χ0) is 13.7. The van der Waals surface area contributed by atoms with Crippen LogP contribution < -0.4 is 10.6 Å². The maximum Gasteiger partial charge on any atom is 0.147 e. The average molecular weight is 290 g/mol. The Morgan fingerprint density at radius 3 is 2.39 bits per heavy atom. The summed E-state index contributed by atoms with van der Waals surface area (Å²) in [4.78, 5) is 4.38.